The van der Waals surface area contributed by atoms with E-state index >= 15 is 0 Å². The molecule has 0 saturated carbocycles. The highest BCUT2D eigenvalue weighted by Gasteiger charge is 2.31. The molecule has 7 nitrogen and oxygen atoms in total. The molecule has 176 valence electrons. The first-order valence-corrected chi connectivity index (χ1v) is 12.1. The molecule has 1 aromatic heterocycles. The number of piperidine rings is 1. The number of hydrogen-bond donors (Lipinski definition) is 0. The van der Waals surface area contributed by atoms with Gasteiger partial charge in [-0.2, -0.15) is 0 Å². The van der Waals surface area contributed by atoms with Gasteiger partial charge in [0.05, 0.1) is 6.54 Å². The summed E-state index contributed by atoms with van der Waals surface area (Å²) in [5.41, 5.74) is 3.34. The summed E-state index contributed by atoms with van der Waals surface area (Å²) < 4.78 is 0. The number of fused-ring (bicyclic) bond motifs is 1. The maximum absolute atomic E-state index is 12.9. The zero-order chi connectivity index (χ0) is 23.4. The van der Waals surface area contributed by atoms with Gasteiger partial charge in [0.2, 0.25) is 11.8 Å². The summed E-state index contributed by atoms with van der Waals surface area (Å²) in [4.78, 5) is 41.0. The van der Waals surface area contributed by atoms with Gasteiger partial charge in [0.1, 0.15) is 11.6 Å². The van der Waals surface area contributed by atoms with E-state index in [1.807, 2.05) is 41.8 Å². The van der Waals surface area contributed by atoms with E-state index in [0.717, 1.165) is 55.1 Å². The average Bonchev–Trinajstić information content (AvgIpc) is 2.80. The Balaban J connectivity index is 1.51. The Hall–Kier alpha value is -2.80. The molecule has 3 heterocycles. The number of anilines is 1. The summed E-state index contributed by atoms with van der Waals surface area (Å²) >= 11 is 0. The van der Waals surface area contributed by atoms with Crippen molar-refractivity contribution >= 4 is 17.6 Å². The second-order valence-corrected chi connectivity index (χ2v) is 9.52. The number of amides is 2. The van der Waals surface area contributed by atoms with Crippen molar-refractivity contribution < 1.29 is 9.59 Å². The van der Waals surface area contributed by atoms with Crippen LogP contribution in [0.4, 0.5) is 5.82 Å². The van der Waals surface area contributed by atoms with Crippen LogP contribution in [0.3, 0.4) is 0 Å². The molecule has 2 aliphatic heterocycles. The number of nitrogens with zero attached hydrogens (tertiary/aromatic N) is 5. The predicted octanol–water partition coefficient (Wildman–Crippen LogP) is 2.96. The Morgan fingerprint density at radius 1 is 1.15 bits per heavy atom. The SMILES string of the molecule is Cc1nc(C2CCCN(C(=O)CN(C)C)C2)nc2c1CCC(=O)N2CCCc1ccccc1. The first-order valence-electron chi connectivity index (χ1n) is 12.1. The molecule has 0 spiro atoms. The van der Waals surface area contributed by atoms with Gasteiger partial charge in [-0.25, -0.2) is 9.97 Å². The van der Waals surface area contributed by atoms with Crippen LogP contribution in [0, 0.1) is 6.92 Å². The number of aromatic nitrogens is 2. The molecule has 1 unspecified atom stereocenters. The summed E-state index contributed by atoms with van der Waals surface area (Å²) in [6.07, 6.45) is 4.95. The minimum Gasteiger partial charge on any atom is -0.341 e. The van der Waals surface area contributed by atoms with Gasteiger partial charge in [-0.15, -0.1) is 0 Å². The highest BCUT2D eigenvalue weighted by atomic mass is 16.2. The summed E-state index contributed by atoms with van der Waals surface area (Å²) in [5, 5.41) is 0. The number of likely N-dealkylation sites (N-methyl/N-ethyl adjacent to an activating group) is 1. The number of carbonyl (C=O) groups is 2. The number of aryl methyl sites for hydroxylation is 2. The van der Waals surface area contributed by atoms with E-state index in [2.05, 4.69) is 24.3 Å². The van der Waals surface area contributed by atoms with Gasteiger partial charge in [-0.3, -0.25) is 14.5 Å². The van der Waals surface area contributed by atoms with Gasteiger partial charge in [0.25, 0.3) is 0 Å². The van der Waals surface area contributed by atoms with Gasteiger partial charge in [0.15, 0.2) is 0 Å². The fourth-order valence-electron chi connectivity index (χ4n) is 4.89. The first-order chi connectivity index (χ1) is 15.9. The van der Waals surface area contributed by atoms with Gasteiger partial charge in [-0.05, 0) is 58.7 Å². The maximum Gasteiger partial charge on any atom is 0.236 e. The molecular formula is C26H35N5O2. The highest BCUT2D eigenvalue weighted by molar-refractivity contribution is 5.95. The third-order valence-corrected chi connectivity index (χ3v) is 6.64. The molecule has 1 atom stereocenters. The number of likely N-dealkylation sites (tertiary alicyclic amines) is 1. The summed E-state index contributed by atoms with van der Waals surface area (Å²) in [6.45, 7) is 4.54. The molecular weight excluding hydrogens is 414 g/mol. The van der Waals surface area contributed by atoms with E-state index in [-0.39, 0.29) is 17.7 Å². The zero-order valence-electron chi connectivity index (χ0n) is 20.1. The van der Waals surface area contributed by atoms with Gasteiger partial charge in [-0.1, -0.05) is 30.3 Å². The Morgan fingerprint density at radius 2 is 1.94 bits per heavy atom. The largest absolute Gasteiger partial charge is 0.341 e. The van der Waals surface area contributed by atoms with Crippen LogP contribution < -0.4 is 4.90 Å². The molecule has 1 saturated heterocycles. The summed E-state index contributed by atoms with van der Waals surface area (Å²) in [6, 6.07) is 10.4. The number of rotatable bonds is 7. The lowest BCUT2D eigenvalue weighted by atomic mass is 9.95. The number of benzene rings is 1. The third-order valence-electron chi connectivity index (χ3n) is 6.64. The smallest absolute Gasteiger partial charge is 0.236 e. The van der Waals surface area contributed by atoms with E-state index < -0.39 is 0 Å². The topological polar surface area (TPSA) is 69.6 Å². The van der Waals surface area contributed by atoms with E-state index in [9.17, 15) is 9.59 Å². The summed E-state index contributed by atoms with van der Waals surface area (Å²) in [5.74, 6) is 1.97. The molecule has 2 aromatic rings. The summed E-state index contributed by atoms with van der Waals surface area (Å²) in [7, 11) is 3.83. The van der Waals surface area contributed by atoms with Crippen LogP contribution in [0.5, 0.6) is 0 Å². The van der Waals surface area contributed by atoms with Crippen LogP contribution in [-0.2, 0) is 22.4 Å². The van der Waals surface area contributed by atoms with Gasteiger partial charge in [0, 0.05) is 43.2 Å². The molecule has 0 N–H and O–H groups in total. The fraction of sp³-hybridized carbons (Fsp3) is 0.538. The second-order valence-electron chi connectivity index (χ2n) is 9.52. The fourth-order valence-corrected chi connectivity index (χ4v) is 4.89. The van der Waals surface area contributed by atoms with E-state index in [4.69, 9.17) is 9.97 Å². The lowest BCUT2D eigenvalue weighted by molar-refractivity contribution is -0.133. The van der Waals surface area contributed by atoms with Crippen LogP contribution in [-0.4, -0.2) is 71.9 Å². The quantitative estimate of drug-likeness (QED) is 0.650. The Labute approximate surface area is 196 Å². The Morgan fingerprint density at radius 3 is 2.70 bits per heavy atom. The molecule has 2 amide bonds. The molecule has 1 fully saturated rings. The van der Waals surface area contributed by atoms with Crippen LogP contribution >= 0.6 is 0 Å². The molecule has 0 radical (unpaired) electrons. The van der Waals surface area contributed by atoms with Crippen molar-refractivity contribution in [1.29, 1.82) is 0 Å². The normalized spacial score (nSPS) is 18.5. The lowest BCUT2D eigenvalue weighted by Gasteiger charge is -2.34. The van der Waals surface area contributed by atoms with Crippen molar-refractivity contribution in [3.63, 3.8) is 0 Å². The molecule has 0 aliphatic carbocycles. The molecule has 4 rings (SSSR count). The first kappa shape index (κ1) is 23.4. The Kier molecular flexibility index (Phi) is 7.38. The molecule has 1 aromatic carbocycles. The van der Waals surface area contributed by atoms with Crippen molar-refractivity contribution in [3.8, 4) is 0 Å². The van der Waals surface area contributed by atoms with E-state index in [1.165, 1.54) is 5.56 Å². The monoisotopic (exact) mass is 449 g/mol. The lowest BCUT2D eigenvalue weighted by Crippen LogP contribution is -2.43. The van der Waals surface area contributed by atoms with Crippen molar-refractivity contribution in [2.75, 3.05) is 45.2 Å². The molecule has 33 heavy (non-hydrogen) atoms. The Bertz CT molecular complexity index is 992. The van der Waals surface area contributed by atoms with E-state index in [0.29, 0.717) is 32.5 Å². The van der Waals surface area contributed by atoms with Crippen molar-refractivity contribution in [2.45, 2.75) is 51.4 Å². The average molecular weight is 450 g/mol. The number of hydrogen-bond acceptors (Lipinski definition) is 5. The zero-order valence-corrected chi connectivity index (χ0v) is 20.1. The van der Waals surface area contributed by atoms with Gasteiger partial charge >= 0.3 is 0 Å². The third kappa shape index (κ3) is 5.58. The van der Waals surface area contributed by atoms with Crippen molar-refractivity contribution in [2.24, 2.45) is 0 Å². The number of carbonyl (C=O) groups excluding carboxylic acids is 2. The van der Waals surface area contributed by atoms with Crippen LogP contribution in [0.2, 0.25) is 0 Å². The molecule has 2 aliphatic rings. The van der Waals surface area contributed by atoms with Crippen LogP contribution in [0.1, 0.15) is 54.2 Å². The van der Waals surface area contributed by atoms with E-state index in [1.54, 1.807) is 0 Å². The molecule has 0 bridgehead atoms. The minimum atomic E-state index is 0.108. The minimum absolute atomic E-state index is 0.108. The predicted molar refractivity (Wildman–Crippen MR) is 129 cm³/mol. The van der Waals surface area contributed by atoms with Crippen LogP contribution in [0.25, 0.3) is 0 Å². The highest BCUT2D eigenvalue weighted by Crippen LogP contribution is 2.32. The van der Waals surface area contributed by atoms with Crippen LogP contribution in [0.15, 0.2) is 30.3 Å². The maximum atomic E-state index is 12.9. The second kappa shape index (κ2) is 10.4. The van der Waals surface area contributed by atoms with Crippen molar-refractivity contribution in [1.82, 2.24) is 19.8 Å². The van der Waals surface area contributed by atoms with Gasteiger partial charge < -0.3 is 9.80 Å². The molecule has 7 heteroatoms. The van der Waals surface area contributed by atoms with Crippen molar-refractivity contribution in [3.05, 3.63) is 53.0 Å². The standard InChI is InChI=1S/C26H35N5O2/c1-19-22-13-14-23(32)31(16-7-11-20-9-5-4-6-10-20)26(22)28-25(27-19)21-12-8-15-30(17-21)24(33)18-29(2)3/h4-6,9-10,21H,7-8,11-18H2,1-3H3.